The van der Waals surface area contributed by atoms with E-state index in [2.05, 4.69) is 41.5 Å². The molecule has 0 fully saturated rings. The van der Waals surface area contributed by atoms with Gasteiger partial charge in [0.25, 0.3) is 0 Å². The van der Waals surface area contributed by atoms with Crippen LogP contribution in [0.3, 0.4) is 0 Å². The van der Waals surface area contributed by atoms with Crippen LogP contribution in [0.1, 0.15) is 13.3 Å². The summed E-state index contributed by atoms with van der Waals surface area (Å²) in [6.45, 7) is 5.18. The summed E-state index contributed by atoms with van der Waals surface area (Å²) < 4.78 is 0. The van der Waals surface area contributed by atoms with E-state index in [9.17, 15) is 0 Å². The Kier molecular flexibility index (Phi) is 4.02. The quantitative estimate of drug-likeness (QED) is 0.639. The third kappa shape index (κ3) is 4.12. The Balaban J connectivity index is 2.13. The maximum atomic E-state index is 4.28. The van der Waals surface area contributed by atoms with Crippen molar-refractivity contribution in [2.24, 2.45) is 4.99 Å². The van der Waals surface area contributed by atoms with Gasteiger partial charge in [0.2, 0.25) is 0 Å². The van der Waals surface area contributed by atoms with E-state index in [-0.39, 0.29) is 0 Å². The molecule has 76 valence electrons. The molecule has 1 unspecified atom stereocenters. The monoisotopic (exact) mass is 184 g/mol. The smallest absolute Gasteiger partial charge is 0.191 e. The van der Waals surface area contributed by atoms with Crippen LogP contribution in [0.25, 0.3) is 0 Å². The zero-order valence-electron chi connectivity index (χ0n) is 8.80. The molecule has 2 N–H and O–H groups in total. The molecule has 1 aliphatic rings. The van der Waals surface area contributed by atoms with Gasteiger partial charge in [-0.2, -0.15) is 0 Å². The molecule has 1 aliphatic heterocycles. The first-order valence-electron chi connectivity index (χ1n) is 4.88. The normalized spacial score (nSPS) is 18.3. The Morgan fingerprint density at radius 2 is 2.38 bits per heavy atom. The van der Waals surface area contributed by atoms with E-state index in [0.717, 1.165) is 32.0 Å². The minimum Gasteiger partial charge on any atom is -0.355 e. The highest BCUT2D eigenvalue weighted by molar-refractivity contribution is 5.81. The highest BCUT2D eigenvalue weighted by atomic mass is 15.2. The molecular formula is C9H20N4. The van der Waals surface area contributed by atoms with Crippen LogP contribution in [0, 0.1) is 0 Å². The fourth-order valence-corrected chi connectivity index (χ4v) is 1.25. The van der Waals surface area contributed by atoms with E-state index < -0.39 is 0 Å². The largest absolute Gasteiger partial charge is 0.355 e. The molecule has 1 atom stereocenters. The summed E-state index contributed by atoms with van der Waals surface area (Å²) in [6.07, 6.45) is 1.15. The molecule has 0 aromatic carbocycles. The van der Waals surface area contributed by atoms with E-state index in [4.69, 9.17) is 0 Å². The summed E-state index contributed by atoms with van der Waals surface area (Å²) in [5.41, 5.74) is 0. The van der Waals surface area contributed by atoms with Gasteiger partial charge in [-0.1, -0.05) is 0 Å². The lowest BCUT2D eigenvalue weighted by molar-refractivity contribution is 0.378. The Hall–Kier alpha value is -0.770. The Bertz CT molecular complexity index is 176. The van der Waals surface area contributed by atoms with Crippen molar-refractivity contribution in [3.05, 3.63) is 0 Å². The molecule has 0 aromatic heterocycles. The zero-order chi connectivity index (χ0) is 9.68. The van der Waals surface area contributed by atoms with E-state index in [1.165, 1.54) is 0 Å². The second kappa shape index (κ2) is 5.07. The highest BCUT2D eigenvalue weighted by Crippen LogP contribution is 1.93. The fourth-order valence-electron chi connectivity index (χ4n) is 1.25. The van der Waals surface area contributed by atoms with Crippen LogP contribution in [0.4, 0.5) is 0 Å². The predicted molar refractivity (Wildman–Crippen MR) is 56.1 cm³/mol. The van der Waals surface area contributed by atoms with Crippen molar-refractivity contribution in [2.45, 2.75) is 19.4 Å². The van der Waals surface area contributed by atoms with Crippen molar-refractivity contribution in [3.8, 4) is 0 Å². The SMILES string of the molecule is CC(CCN(C)C)NC1=NCCN1. The summed E-state index contributed by atoms with van der Waals surface area (Å²) in [5.74, 6) is 0.964. The van der Waals surface area contributed by atoms with Gasteiger partial charge in [0.15, 0.2) is 5.96 Å². The van der Waals surface area contributed by atoms with Crippen molar-refractivity contribution >= 4 is 5.96 Å². The number of nitrogens with one attached hydrogen (secondary N) is 2. The number of rotatable bonds is 4. The molecule has 0 aliphatic carbocycles. The van der Waals surface area contributed by atoms with Gasteiger partial charge in [-0.3, -0.25) is 4.99 Å². The molecule has 0 amide bonds. The molecule has 1 heterocycles. The van der Waals surface area contributed by atoms with Crippen LogP contribution in [0.5, 0.6) is 0 Å². The molecule has 13 heavy (non-hydrogen) atoms. The lowest BCUT2D eigenvalue weighted by Crippen LogP contribution is -2.40. The molecule has 0 saturated heterocycles. The van der Waals surface area contributed by atoms with Crippen LogP contribution in [-0.4, -0.2) is 50.6 Å². The molecule has 0 saturated carbocycles. The maximum Gasteiger partial charge on any atom is 0.191 e. The minimum atomic E-state index is 0.492. The standard InChI is InChI=1S/C9H20N4/c1-8(4-7-13(2)3)12-9-10-5-6-11-9/h8H,4-7H2,1-3H3,(H2,10,11,12). The van der Waals surface area contributed by atoms with Crippen LogP contribution in [-0.2, 0) is 0 Å². The van der Waals surface area contributed by atoms with Crippen LogP contribution < -0.4 is 10.6 Å². The third-order valence-electron chi connectivity index (χ3n) is 2.07. The molecule has 0 radical (unpaired) electrons. The predicted octanol–water partition coefficient (Wildman–Crippen LogP) is -0.125. The van der Waals surface area contributed by atoms with Gasteiger partial charge in [-0.25, -0.2) is 0 Å². The number of nitrogens with zero attached hydrogens (tertiary/aromatic N) is 2. The van der Waals surface area contributed by atoms with Gasteiger partial charge in [0.05, 0.1) is 6.54 Å². The average molecular weight is 184 g/mol. The van der Waals surface area contributed by atoms with Crippen LogP contribution >= 0.6 is 0 Å². The summed E-state index contributed by atoms with van der Waals surface area (Å²) in [5, 5.41) is 6.55. The molecule has 0 bridgehead atoms. The molecular weight excluding hydrogens is 164 g/mol. The minimum absolute atomic E-state index is 0.492. The fraction of sp³-hybridized carbons (Fsp3) is 0.889. The van der Waals surface area contributed by atoms with E-state index >= 15 is 0 Å². The van der Waals surface area contributed by atoms with Gasteiger partial charge in [0.1, 0.15) is 0 Å². The lowest BCUT2D eigenvalue weighted by Gasteiger charge is -2.17. The van der Waals surface area contributed by atoms with Crippen molar-refractivity contribution in [1.29, 1.82) is 0 Å². The number of hydrogen-bond acceptors (Lipinski definition) is 4. The Morgan fingerprint density at radius 1 is 1.62 bits per heavy atom. The molecule has 4 nitrogen and oxygen atoms in total. The molecule has 0 spiro atoms. The topological polar surface area (TPSA) is 39.7 Å². The summed E-state index contributed by atoms with van der Waals surface area (Å²) in [4.78, 5) is 6.48. The van der Waals surface area contributed by atoms with E-state index in [1.807, 2.05) is 0 Å². The first-order chi connectivity index (χ1) is 6.18. The summed E-state index contributed by atoms with van der Waals surface area (Å²) >= 11 is 0. The number of hydrogen-bond donors (Lipinski definition) is 2. The van der Waals surface area contributed by atoms with Gasteiger partial charge in [-0.05, 0) is 34.0 Å². The van der Waals surface area contributed by atoms with E-state index in [0.29, 0.717) is 6.04 Å². The zero-order valence-corrected chi connectivity index (χ0v) is 8.80. The first kappa shape index (κ1) is 10.3. The Morgan fingerprint density at radius 3 is 2.92 bits per heavy atom. The van der Waals surface area contributed by atoms with Gasteiger partial charge in [0, 0.05) is 12.6 Å². The van der Waals surface area contributed by atoms with Gasteiger partial charge >= 0.3 is 0 Å². The van der Waals surface area contributed by atoms with Crippen LogP contribution in [0.2, 0.25) is 0 Å². The van der Waals surface area contributed by atoms with Crippen molar-refractivity contribution in [2.75, 3.05) is 33.7 Å². The Labute approximate surface area is 80.4 Å². The number of aliphatic imine (C=N–C) groups is 1. The maximum absolute atomic E-state index is 4.28. The second-order valence-electron chi connectivity index (χ2n) is 3.79. The first-order valence-corrected chi connectivity index (χ1v) is 4.88. The second-order valence-corrected chi connectivity index (χ2v) is 3.79. The lowest BCUT2D eigenvalue weighted by atomic mass is 10.2. The number of guanidine groups is 1. The van der Waals surface area contributed by atoms with Gasteiger partial charge in [-0.15, -0.1) is 0 Å². The summed E-state index contributed by atoms with van der Waals surface area (Å²) in [7, 11) is 4.19. The van der Waals surface area contributed by atoms with Crippen molar-refractivity contribution in [1.82, 2.24) is 15.5 Å². The molecule has 4 heteroatoms. The molecule has 0 aromatic rings. The van der Waals surface area contributed by atoms with Crippen LogP contribution in [0.15, 0.2) is 4.99 Å². The highest BCUT2D eigenvalue weighted by Gasteiger charge is 2.08. The van der Waals surface area contributed by atoms with Crippen molar-refractivity contribution in [3.63, 3.8) is 0 Å². The van der Waals surface area contributed by atoms with E-state index in [1.54, 1.807) is 0 Å². The molecule has 1 rings (SSSR count). The third-order valence-corrected chi connectivity index (χ3v) is 2.07. The average Bonchev–Trinajstić information content (AvgIpc) is 2.53. The van der Waals surface area contributed by atoms with Crippen molar-refractivity contribution < 1.29 is 0 Å². The van der Waals surface area contributed by atoms with Gasteiger partial charge < -0.3 is 15.5 Å². The summed E-state index contributed by atoms with van der Waals surface area (Å²) in [6, 6.07) is 0.492.